The lowest BCUT2D eigenvalue weighted by molar-refractivity contribution is -0.139. The maximum absolute atomic E-state index is 12.8. The highest BCUT2D eigenvalue weighted by molar-refractivity contribution is 6.31. The van der Waals surface area contributed by atoms with Crippen LogP contribution in [0.2, 0.25) is 10.0 Å². The molecule has 4 aromatic rings. The number of anilines is 2. The number of alkyl carbamates (subject to hydrolysis) is 2. The Morgan fingerprint density at radius 2 is 0.973 bits per heavy atom. The molecule has 74 heavy (non-hydrogen) atoms. The van der Waals surface area contributed by atoms with Gasteiger partial charge in [-0.2, -0.15) is 4.58 Å². The van der Waals surface area contributed by atoms with Gasteiger partial charge in [0.25, 0.3) is 0 Å². The standard InChI is InChI=1S/C59H63Cl2N5O8/c1-39(2)54(67)71-33-29-62-56(69)73-35-31-64-49-25-23-43(60)37-47(49)58(5,6)51(64)27-21-41-19-20-42(53(41)66(45-15-11-9-12-16-45)46-17-13-10-14-18-46)22-28-52-59(7,8)48-38-44(61)24-26-50(48)65(52)32-36-74-57(70)63-30-34-72-55(68)40(3)4/h9-18,21-28,37-38H,1,3,19-20,29-36H2,2,4-8H3,(H-,62,63,69,70)/p+1. The molecule has 4 aromatic carbocycles. The summed E-state index contributed by atoms with van der Waals surface area (Å²) in [6.45, 7) is 20.0. The summed E-state index contributed by atoms with van der Waals surface area (Å²) in [5.41, 5.74) is 10.9. The number of halogens is 2. The maximum atomic E-state index is 12.8. The summed E-state index contributed by atoms with van der Waals surface area (Å²) >= 11 is 13.3. The molecule has 3 aliphatic rings. The number of nitrogens with one attached hydrogen (secondary N) is 2. The van der Waals surface area contributed by atoms with Gasteiger partial charge in [0.1, 0.15) is 26.4 Å². The Labute approximate surface area is 444 Å². The molecule has 15 heteroatoms. The lowest BCUT2D eigenvalue weighted by Crippen LogP contribution is -2.33. The molecule has 1 saturated carbocycles. The van der Waals surface area contributed by atoms with Gasteiger partial charge in [0.15, 0.2) is 0 Å². The largest absolute Gasteiger partial charge is 0.460 e. The second kappa shape index (κ2) is 24.1. The number of hydrogen-bond donors (Lipinski definition) is 2. The van der Waals surface area contributed by atoms with Crippen LogP contribution in [0, 0.1) is 0 Å². The highest BCUT2D eigenvalue weighted by Crippen LogP contribution is 2.50. The first-order valence-electron chi connectivity index (χ1n) is 24.6. The van der Waals surface area contributed by atoms with Gasteiger partial charge in [-0.1, -0.05) is 113 Å². The van der Waals surface area contributed by atoms with E-state index >= 15 is 0 Å². The number of carbonyl (C=O) groups is 4. The van der Waals surface area contributed by atoms with E-state index in [0.29, 0.717) is 23.1 Å². The van der Waals surface area contributed by atoms with Gasteiger partial charge in [-0.25, -0.2) is 19.2 Å². The Morgan fingerprint density at radius 3 is 1.35 bits per heavy atom. The van der Waals surface area contributed by atoms with Gasteiger partial charge in [-0.15, -0.1) is 0 Å². The molecule has 2 amide bonds. The molecule has 2 aliphatic heterocycles. The second-order valence-corrected chi connectivity index (χ2v) is 20.0. The fraction of sp³-hybridized carbons (Fsp3) is 0.305. The van der Waals surface area contributed by atoms with Gasteiger partial charge in [-0.05, 0) is 86.4 Å². The maximum Gasteiger partial charge on any atom is 0.407 e. The van der Waals surface area contributed by atoms with Gasteiger partial charge in [0.2, 0.25) is 17.1 Å². The summed E-state index contributed by atoms with van der Waals surface area (Å²) in [4.78, 5) is 53.4. The highest BCUT2D eigenvalue weighted by Gasteiger charge is 2.42. The second-order valence-electron chi connectivity index (χ2n) is 19.2. The van der Waals surface area contributed by atoms with Gasteiger partial charge < -0.3 is 39.4 Å². The van der Waals surface area contributed by atoms with Crippen LogP contribution in [0.1, 0.15) is 65.5 Å². The zero-order valence-corrected chi connectivity index (χ0v) is 44.4. The van der Waals surface area contributed by atoms with Crippen LogP contribution in [-0.4, -0.2) is 82.4 Å². The van der Waals surface area contributed by atoms with Crippen LogP contribution in [0.4, 0.5) is 32.3 Å². The van der Waals surface area contributed by atoms with Crippen molar-refractivity contribution >= 4 is 75.8 Å². The number of rotatable bonds is 18. The van der Waals surface area contributed by atoms with Crippen molar-refractivity contribution < 1.29 is 38.1 Å². The van der Waals surface area contributed by atoms with Crippen molar-refractivity contribution in [3.05, 3.63) is 189 Å². The topological polar surface area (TPSA) is 139 Å². The molecule has 0 saturated heterocycles. The van der Waals surface area contributed by atoms with Crippen LogP contribution in [-0.2, 0) is 39.4 Å². The number of hydrogen-bond acceptors (Lipinski definition) is 10. The molecule has 1 aliphatic carbocycles. The number of carbonyl (C=O) groups excluding carboxylic acids is 4. The fourth-order valence-electron chi connectivity index (χ4n) is 9.42. The minimum atomic E-state index is -0.620. The first kappa shape index (κ1) is 54.4. The molecule has 0 aromatic heterocycles. The van der Waals surface area contributed by atoms with Crippen LogP contribution >= 0.6 is 23.2 Å². The van der Waals surface area contributed by atoms with Crippen molar-refractivity contribution in [2.75, 3.05) is 62.4 Å². The van der Waals surface area contributed by atoms with Gasteiger partial charge in [0.05, 0.1) is 26.2 Å². The Balaban J connectivity index is 1.24. The Bertz CT molecular complexity index is 2780. The molecule has 1 fully saturated rings. The average molecular weight is 1040 g/mol. The lowest BCUT2D eigenvalue weighted by atomic mass is 9.83. The van der Waals surface area contributed by atoms with Gasteiger partial charge >= 0.3 is 24.1 Å². The van der Waals surface area contributed by atoms with Crippen LogP contribution < -0.4 is 25.0 Å². The summed E-state index contributed by atoms with van der Waals surface area (Å²) in [5.74, 6) is -1.05. The normalized spacial score (nSPS) is 17.3. The zero-order chi connectivity index (χ0) is 53.2. The number of esters is 2. The Kier molecular flexibility index (Phi) is 17.7. The summed E-state index contributed by atoms with van der Waals surface area (Å²) in [7, 11) is 0. The highest BCUT2D eigenvalue weighted by atomic mass is 35.5. The van der Waals surface area contributed by atoms with Crippen LogP contribution in [0.5, 0.6) is 0 Å². The number of para-hydroxylation sites is 2. The van der Waals surface area contributed by atoms with Crippen LogP contribution in [0.15, 0.2) is 168 Å². The van der Waals surface area contributed by atoms with Crippen molar-refractivity contribution in [2.45, 2.75) is 65.2 Å². The SMILES string of the molecule is C=C(C)C(=O)OCCNC(=O)OCCN1C(=CC=C2CC/C(=C\C=C3\N(CCOC(=O)NCCOC(=O)C(=C)C)c4ccc(Cl)cc4C3(C)C)C2=[N+](c2ccccc2)c2ccccc2)C(C)(C)c2cc(Cl)ccc21. The predicted molar refractivity (Wildman–Crippen MR) is 295 cm³/mol. The number of allylic oxidation sites excluding steroid dienone is 8. The summed E-state index contributed by atoms with van der Waals surface area (Å²) in [5, 5.41) is 6.54. The van der Waals surface area contributed by atoms with Crippen molar-refractivity contribution in [3.8, 4) is 0 Å². The molecule has 0 unspecified atom stereocenters. The third kappa shape index (κ3) is 12.7. The van der Waals surface area contributed by atoms with E-state index < -0.39 is 35.0 Å². The lowest BCUT2D eigenvalue weighted by Gasteiger charge is -2.27. The van der Waals surface area contributed by atoms with E-state index in [-0.39, 0.29) is 50.7 Å². The van der Waals surface area contributed by atoms with E-state index in [1.807, 2.05) is 72.8 Å². The quantitative estimate of drug-likeness (QED) is 0.0326. The summed E-state index contributed by atoms with van der Waals surface area (Å²) in [6, 6.07) is 32.4. The van der Waals surface area contributed by atoms with E-state index in [4.69, 9.17) is 42.1 Å². The fourth-order valence-corrected chi connectivity index (χ4v) is 9.77. The first-order chi connectivity index (χ1) is 35.4. The van der Waals surface area contributed by atoms with Crippen LogP contribution in [0.25, 0.3) is 0 Å². The number of benzene rings is 4. The summed E-state index contributed by atoms with van der Waals surface area (Å²) in [6.07, 6.45) is 9.05. The molecule has 2 N–H and O–H groups in total. The predicted octanol–water partition coefficient (Wildman–Crippen LogP) is 12.0. The third-order valence-corrected chi connectivity index (χ3v) is 13.6. The smallest absolute Gasteiger partial charge is 0.407 e. The Hall–Kier alpha value is -7.35. The molecule has 0 atom stereocenters. The summed E-state index contributed by atoms with van der Waals surface area (Å²) < 4.78 is 23.8. The number of amides is 2. The Morgan fingerprint density at radius 1 is 0.581 bits per heavy atom. The molecule has 386 valence electrons. The van der Waals surface area contributed by atoms with E-state index in [0.717, 1.165) is 75.0 Å². The molecular formula is C59H64Cl2N5O8+. The molecule has 0 radical (unpaired) electrons. The number of fused-ring (bicyclic) bond motifs is 2. The minimum absolute atomic E-state index is 0.00601. The van der Waals surface area contributed by atoms with Crippen molar-refractivity contribution in [2.24, 2.45) is 0 Å². The van der Waals surface area contributed by atoms with Crippen molar-refractivity contribution in [3.63, 3.8) is 0 Å². The average Bonchev–Trinajstić information content (AvgIpc) is 3.93. The number of ether oxygens (including phenoxy) is 4. The van der Waals surface area contributed by atoms with Crippen molar-refractivity contribution in [1.29, 1.82) is 0 Å². The third-order valence-electron chi connectivity index (χ3n) is 13.1. The zero-order valence-electron chi connectivity index (χ0n) is 42.9. The van der Waals surface area contributed by atoms with Gasteiger partial charge in [-0.3, -0.25) is 0 Å². The van der Waals surface area contributed by atoms with Crippen LogP contribution in [0.3, 0.4) is 0 Å². The van der Waals surface area contributed by atoms with E-state index in [2.05, 4.69) is 114 Å². The van der Waals surface area contributed by atoms with E-state index in [1.54, 1.807) is 13.8 Å². The van der Waals surface area contributed by atoms with Crippen molar-refractivity contribution in [1.82, 2.24) is 15.2 Å². The molecule has 0 bridgehead atoms. The van der Waals surface area contributed by atoms with Gasteiger partial charge in [0, 0.05) is 90.2 Å². The molecule has 0 spiro atoms. The molecular weight excluding hydrogens is 978 g/mol. The first-order valence-corrected chi connectivity index (χ1v) is 25.4. The molecule has 7 rings (SSSR count). The molecule has 2 heterocycles. The monoisotopic (exact) mass is 1040 g/mol. The number of nitrogens with zero attached hydrogens (tertiary/aromatic N) is 3. The molecule has 13 nitrogen and oxygen atoms in total. The minimum Gasteiger partial charge on any atom is -0.460 e. The van der Waals surface area contributed by atoms with E-state index in [1.165, 1.54) is 0 Å². The van der Waals surface area contributed by atoms with E-state index in [9.17, 15) is 19.2 Å².